The molecule has 2 nitrogen and oxygen atoms in total. The maximum Gasteiger partial charge on any atom is 0.160 e. The Kier molecular flexibility index (Phi) is 3.29. The van der Waals surface area contributed by atoms with E-state index in [9.17, 15) is 4.79 Å². The van der Waals surface area contributed by atoms with E-state index in [1.807, 2.05) is 12.1 Å². The third kappa shape index (κ3) is 2.45. The molecule has 0 saturated carbocycles. The fourth-order valence-corrected chi connectivity index (χ4v) is 3.60. The van der Waals surface area contributed by atoms with Gasteiger partial charge in [0, 0.05) is 31.5 Å². The van der Waals surface area contributed by atoms with Gasteiger partial charge in [0.25, 0.3) is 0 Å². The first-order valence-corrected chi connectivity index (χ1v) is 7.47. The zero-order valence-corrected chi connectivity index (χ0v) is 12.6. The highest BCUT2D eigenvalue weighted by Crippen LogP contribution is 2.44. The second-order valence-electron chi connectivity index (χ2n) is 7.14. The number of likely N-dealkylation sites (tertiary alicyclic amines) is 1. The molecule has 106 valence electrons. The molecule has 0 N–H and O–H groups in total. The van der Waals surface area contributed by atoms with Crippen molar-refractivity contribution in [1.29, 1.82) is 0 Å². The van der Waals surface area contributed by atoms with Crippen LogP contribution in [0.5, 0.6) is 0 Å². The van der Waals surface area contributed by atoms with Crippen LogP contribution in [0.25, 0.3) is 0 Å². The Hall–Kier alpha value is -1.41. The van der Waals surface area contributed by atoms with E-state index in [1.165, 1.54) is 11.1 Å². The lowest BCUT2D eigenvalue weighted by Crippen LogP contribution is -2.23. The van der Waals surface area contributed by atoms with Crippen LogP contribution in [0, 0.1) is 17.3 Å². The molecule has 1 aromatic carbocycles. The topological polar surface area (TPSA) is 20.3 Å². The van der Waals surface area contributed by atoms with Crippen LogP contribution >= 0.6 is 0 Å². The van der Waals surface area contributed by atoms with Gasteiger partial charge >= 0.3 is 0 Å². The van der Waals surface area contributed by atoms with Crippen molar-refractivity contribution >= 4 is 5.78 Å². The zero-order valence-electron chi connectivity index (χ0n) is 12.6. The Bertz CT molecular complexity index is 538. The lowest BCUT2D eigenvalue weighted by atomic mass is 9.79. The van der Waals surface area contributed by atoms with Gasteiger partial charge < -0.3 is 0 Å². The van der Waals surface area contributed by atoms with Crippen LogP contribution in [-0.2, 0) is 11.3 Å². The first-order chi connectivity index (χ1) is 9.45. The normalized spacial score (nSPS) is 26.8. The number of carbonyl (C=O) groups excluding carboxylic acids is 1. The molecule has 1 aliphatic heterocycles. The minimum absolute atomic E-state index is 0.109. The molecule has 1 heterocycles. The summed E-state index contributed by atoms with van der Waals surface area (Å²) < 4.78 is 0. The van der Waals surface area contributed by atoms with Crippen LogP contribution in [0.2, 0.25) is 0 Å². The van der Waals surface area contributed by atoms with Crippen LogP contribution in [0.3, 0.4) is 0 Å². The largest absolute Gasteiger partial charge is 0.298 e. The van der Waals surface area contributed by atoms with E-state index in [-0.39, 0.29) is 11.3 Å². The van der Waals surface area contributed by atoms with Gasteiger partial charge in [-0.25, -0.2) is 0 Å². The van der Waals surface area contributed by atoms with Crippen molar-refractivity contribution in [2.45, 2.75) is 27.3 Å². The maximum atomic E-state index is 12.2. The van der Waals surface area contributed by atoms with Crippen molar-refractivity contribution in [1.82, 2.24) is 4.90 Å². The molecule has 3 rings (SSSR count). The van der Waals surface area contributed by atoms with E-state index >= 15 is 0 Å². The quantitative estimate of drug-likeness (QED) is 0.821. The van der Waals surface area contributed by atoms with Gasteiger partial charge in [-0.1, -0.05) is 56.7 Å². The number of benzene rings is 1. The van der Waals surface area contributed by atoms with Gasteiger partial charge in [-0.15, -0.1) is 0 Å². The minimum atomic E-state index is 0.109. The Morgan fingerprint density at radius 1 is 1.10 bits per heavy atom. The number of hydrogen-bond donors (Lipinski definition) is 0. The molecule has 0 amide bonds. The van der Waals surface area contributed by atoms with Gasteiger partial charge in [-0.2, -0.15) is 0 Å². The van der Waals surface area contributed by atoms with Crippen molar-refractivity contribution in [2.24, 2.45) is 17.3 Å². The number of nitrogens with zero attached hydrogens (tertiary/aromatic N) is 1. The molecule has 1 saturated heterocycles. The maximum absolute atomic E-state index is 12.2. The molecule has 0 spiro atoms. The number of allylic oxidation sites excluding steroid dienone is 1. The highest BCUT2D eigenvalue weighted by Gasteiger charge is 2.45. The highest BCUT2D eigenvalue weighted by atomic mass is 16.1. The number of hydrogen-bond acceptors (Lipinski definition) is 2. The Morgan fingerprint density at radius 3 is 2.40 bits per heavy atom. The van der Waals surface area contributed by atoms with Gasteiger partial charge in [0.1, 0.15) is 0 Å². The highest BCUT2D eigenvalue weighted by molar-refractivity contribution is 5.96. The van der Waals surface area contributed by atoms with E-state index in [4.69, 9.17) is 0 Å². The molecule has 1 aliphatic carbocycles. The molecular weight excluding hydrogens is 246 g/mol. The van der Waals surface area contributed by atoms with Crippen LogP contribution in [0.15, 0.2) is 42.0 Å². The molecule has 0 aromatic heterocycles. The lowest BCUT2D eigenvalue weighted by Gasteiger charge is -2.26. The summed E-state index contributed by atoms with van der Waals surface area (Å²) in [5.41, 5.74) is 2.79. The molecule has 2 heteroatoms. The molecular formula is C18H23NO. The third-order valence-electron chi connectivity index (χ3n) is 4.57. The van der Waals surface area contributed by atoms with Crippen molar-refractivity contribution in [2.75, 3.05) is 13.1 Å². The average Bonchev–Trinajstić information content (AvgIpc) is 2.90. The van der Waals surface area contributed by atoms with E-state index in [0.29, 0.717) is 11.7 Å². The number of carbonyl (C=O) groups is 1. The van der Waals surface area contributed by atoms with Gasteiger partial charge in [0.05, 0.1) is 0 Å². The molecule has 2 unspecified atom stereocenters. The number of fused-ring (bicyclic) bond motifs is 1. The van der Waals surface area contributed by atoms with E-state index < -0.39 is 0 Å². The van der Waals surface area contributed by atoms with Gasteiger partial charge in [-0.3, -0.25) is 9.69 Å². The van der Waals surface area contributed by atoms with E-state index in [2.05, 4.69) is 49.9 Å². The summed E-state index contributed by atoms with van der Waals surface area (Å²) in [4.78, 5) is 14.6. The molecule has 1 fully saturated rings. The first-order valence-electron chi connectivity index (χ1n) is 7.47. The number of rotatable bonds is 2. The Morgan fingerprint density at radius 2 is 1.75 bits per heavy atom. The summed E-state index contributed by atoms with van der Waals surface area (Å²) in [7, 11) is 0. The summed E-state index contributed by atoms with van der Waals surface area (Å²) in [6.07, 6.45) is 1.93. The van der Waals surface area contributed by atoms with Gasteiger partial charge in [0.15, 0.2) is 5.78 Å². The summed E-state index contributed by atoms with van der Waals surface area (Å²) in [5, 5.41) is 0. The second-order valence-corrected chi connectivity index (χ2v) is 7.14. The van der Waals surface area contributed by atoms with Crippen LogP contribution in [0.1, 0.15) is 26.3 Å². The van der Waals surface area contributed by atoms with Crippen LogP contribution < -0.4 is 0 Å². The van der Waals surface area contributed by atoms with E-state index in [1.54, 1.807) is 0 Å². The summed E-state index contributed by atoms with van der Waals surface area (Å²) in [6, 6.07) is 10.5. The lowest BCUT2D eigenvalue weighted by molar-refractivity contribution is -0.117. The second kappa shape index (κ2) is 4.85. The average molecular weight is 269 g/mol. The van der Waals surface area contributed by atoms with Crippen LogP contribution in [0.4, 0.5) is 0 Å². The van der Waals surface area contributed by atoms with Gasteiger partial charge in [-0.05, 0) is 17.1 Å². The fourth-order valence-electron chi connectivity index (χ4n) is 3.60. The smallest absolute Gasteiger partial charge is 0.160 e. The van der Waals surface area contributed by atoms with Crippen LogP contribution in [-0.4, -0.2) is 23.8 Å². The van der Waals surface area contributed by atoms with E-state index in [0.717, 1.165) is 19.6 Å². The standard InChI is InChI=1S/C18H23NO/c1-18(2,3)16-9-17(20)15-12-19(11-14(15)16)10-13-7-5-4-6-8-13/h4-9,14-15H,10-12H2,1-3H3. The predicted molar refractivity (Wildman–Crippen MR) is 81.2 cm³/mol. The third-order valence-corrected chi connectivity index (χ3v) is 4.57. The van der Waals surface area contributed by atoms with Crippen molar-refractivity contribution < 1.29 is 4.79 Å². The van der Waals surface area contributed by atoms with Crippen molar-refractivity contribution in [3.8, 4) is 0 Å². The zero-order chi connectivity index (χ0) is 14.3. The Balaban J connectivity index is 1.74. The summed E-state index contributed by atoms with van der Waals surface area (Å²) >= 11 is 0. The first kappa shape index (κ1) is 13.6. The Labute approximate surface area is 121 Å². The summed E-state index contributed by atoms with van der Waals surface area (Å²) in [6.45, 7) is 9.54. The molecule has 20 heavy (non-hydrogen) atoms. The monoisotopic (exact) mass is 269 g/mol. The SMILES string of the molecule is CC(C)(C)C1=CC(=O)C2CN(Cc3ccccc3)CC12. The number of ketones is 1. The molecule has 1 aromatic rings. The van der Waals surface area contributed by atoms with Crippen molar-refractivity contribution in [3.05, 3.63) is 47.5 Å². The molecule has 0 bridgehead atoms. The van der Waals surface area contributed by atoms with Gasteiger partial charge in [0.2, 0.25) is 0 Å². The predicted octanol–water partition coefficient (Wildman–Crippen LogP) is 3.29. The van der Waals surface area contributed by atoms with Crippen molar-refractivity contribution in [3.63, 3.8) is 0 Å². The molecule has 0 radical (unpaired) electrons. The summed E-state index contributed by atoms with van der Waals surface area (Å²) in [5.74, 6) is 0.981. The molecule has 2 atom stereocenters. The molecule has 2 aliphatic rings. The fraction of sp³-hybridized carbons (Fsp3) is 0.500. The minimum Gasteiger partial charge on any atom is -0.298 e.